The standard InChI is InChI=1S/C22H19N3O2S/c1-14-16(21(26)24-12-10-15-5-4-11-23-13-15)8-9-19-20(14)25-22(27)17-6-2-3-7-18(17)28-19/h2-9,11,13H,10,12H2,1H3,(H,24,26)(H,25,27). The molecule has 2 N–H and O–H groups in total. The smallest absolute Gasteiger partial charge is 0.256 e. The highest BCUT2D eigenvalue weighted by atomic mass is 32.2. The molecule has 6 heteroatoms. The Bertz CT molecular complexity index is 1050. The molecule has 0 saturated heterocycles. The van der Waals surface area contributed by atoms with Gasteiger partial charge in [0.05, 0.1) is 11.3 Å². The van der Waals surface area contributed by atoms with Gasteiger partial charge >= 0.3 is 0 Å². The molecule has 4 rings (SSSR count). The number of fused-ring (bicyclic) bond motifs is 2. The van der Waals surface area contributed by atoms with Crippen molar-refractivity contribution in [3.05, 3.63) is 83.2 Å². The van der Waals surface area contributed by atoms with E-state index in [1.54, 1.807) is 12.4 Å². The zero-order valence-corrected chi connectivity index (χ0v) is 16.2. The molecule has 28 heavy (non-hydrogen) atoms. The lowest BCUT2D eigenvalue weighted by atomic mass is 10.1. The Kier molecular flexibility index (Phi) is 5.12. The Morgan fingerprint density at radius 1 is 1.11 bits per heavy atom. The molecular weight excluding hydrogens is 370 g/mol. The van der Waals surface area contributed by atoms with Gasteiger partial charge in [0, 0.05) is 34.3 Å². The molecule has 0 fully saturated rings. The predicted octanol–water partition coefficient (Wildman–Crippen LogP) is 4.08. The summed E-state index contributed by atoms with van der Waals surface area (Å²) >= 11 is 1.53. The van der Waals surface area contributed by atoms with Crippen molar-refractivity contribution >= 4 is 29.3 Å². The molecule has 1 aromatic heterocycles. The SMILES string of the molecule is Cc1c(C(=O)NCCc2cccnc2)ccc2c1NC(=O)c1ccccc1S2. The number of rotatable bonds is 4. The number of pyridine rings is 1. The molecule has 1 aliphatic rings. The number of amides is 2. The van der Waals surface area contributed by atoms with Crippen LogP contribution in [0.25, 0.3) is 0 Å². The van der Waals surface area contributed by atoms with E-state index in [0.29, 0.717) is 29.8 Å². The number of hydrogen-bond donors (Lipinski definition) is 2. The van der Waals surface area contributed by atoms with Gasteiger partial charge in [-0.1, -0.05) is 30.0 Å². The summed E-state index contributed by atoms with van der Waals surface area (Å²) < 4.78 is 0. The highest BCUT2D eigenvalue weighted by molar-refractivity contribution is 7.99. The first-order valence-electron chi connectivity index (χ1n) is 9.02. The second-order valence-corrected chi connectivity index (χ2v) is 7.61. The van der Waals surface area contributed by atoms with E-state index in [1.165, 1.54) is 11.8 Å². The maximum atomic E-state index is 12.7. The Morgan fingerprint density at radius 2 is 1.96 bits per heavy atom. The largest absolute Gasteiger partial charge is 0.352 e. The van der Waals surface area contributed by atoms with Crippen LogP contribution in [0.15, 0.2) is 70.7 Å². The quantitative estimate of drug-likeness (QED) is 0.705. The van der Waals surface area contributed by atoms with Crippen molar-refractivity contribution in [2.75, 3.05) is 11.9 Å². The summed E-state index contributed by atoms with van der Waals surface area (Å²) in [6.45, 7) is 2.39. The fourth-order valence-corrected chi connectivity index (χ4v) is 4.27. The molecule has 5 nitrogen and oxygen atoms in total. The fourth-order valence-electron chi connectivity index (χ4n) is 3.18. The number of anilines is 1. The molecule has 0 radical (unpaired) electrons. The van der Waals surface area contributed by atoms with Crippen molar-refractivity contribution in [1.29, 1.82) is 0 Å². The maximum absolute atomic E-state index is 12.7. The van der Waals surface area contributed by atoms with Gasteiger partial charge in [-0.15, -0.1) is 0 Å². The van der Waals surface area contributed by atoms with Crippen LogP contribution in [0.4, 0.5) is 5.69 Å². The fraction of sp³-hybridized carbons (Fsp3) is 0.136. The van der Waals surface area contributed by atoms with Gasteiger partial charge in [-0.05, 0) is 54.8 Å². The first kappa shape index (κ1) is 18.3. The van der Waals surface area contributed by atoms with Crippen LogP contribution in [0.2, 0.25) is 0 Å². The van der Waals surface area contributed by atoms with E-state index in [9.17, 15) is 9.59 Å². The third kappa shape index (κ3) is 3.64. The number of nitrogens with one attached hydrogen (secondary N) is 2. The Morgan fingerprint density at radius 3 is 2.79 bits per heavy atom. The zero-order chi connectivity index (χ0) is 19.5. The van der Waals surface area contributed by atoms with Gasteiger partial charge in [-0.25, -0.2) is 0 Å². The highest BCUT2D eigenvalue weighted by Gasteiger charge is 2.23. The van der Waals surface area contributed by atoms with Gasteiger partial charge in [0.2, 0.25) is 0 Å². The van der Waals surface area contributed by atoms with Gasteiger partial charge < -0.3 is 10.6 Å². The lowest BCUT2D eigenvalue weighted by Gasteiger charge is -2.14. The molecule has 0 bridgehead atoms. The van der Waals surface area contributed by atoms with Crippen LogP contribution in [-0.2, 0) is 6.42 Å². The molecule has 0 unspecified atom stereocenters. The molecule has 2 amide bonds. The lowest BCUT2D eigenvalue weighted by molar-refractivity contribution is 0.0952. The average molecular weight is 389 g/mol. The summed E-state index contributed by atoms with van der Waals surface area (Å²) in [4.78, 5) is 31.2. The monoisotopic (exact) mass is 389 g/mol. The molecule has 0 atom stereocenters. The van der Waals surface area contributed by atoms with E-state index in [4.69, 9.17) is 0 Å². The summed E-state index contributed by atoms with van der Waals surface area (Å²) in [6, 6.07) is 15.1. The van der Waals surface area contributed by atoms with Gasteiger partial charge in [-0.3, -0.25) is 14.6 Å². The van der Waals surface area contributed by atoms with Crippen LogP contribution in [-0.4, -0.2) is 23.3 Å². The van der Waals surface area contributed by atoms with Crippen LogP contribution in [0.3, 0.4) is 0 Å². The zero-order valence-electron chi connectivity index (χ0n) is 15.4. The maximum Gasteiger partial charge on any atom is 0.256 e. The minimum Gasteiger partial charge on any atom is -0.352 e. The van der Waals surface area contributed by atoms with E-state index < -0.39 is 0 Å². The van der Waals surface area contributed by atoms with Crippen molar-refractivity contribution in [2.45, 2.75) is 23.1 Å². The molecular formula is C22H19N3O2S. The predicted molar refractivity (Wildman–Crippen MR) is 110 cm³/mol. The average Bonchev–Trinajstić information content (AvgIpc) is 2.86. The van der Waals surface area contributed by atoms with E-state index in [2.05, 4.69) is 15.6 Å². The van der Waals surface area contributed by atoms with Crippen LogP contribution in [0.5, 0.6) is 0 Å². The van der Waals surface area contributed by atoms with E-state index in [0.717, 1.165) is 20.9 Å². The normalized spacial score (nSPS) is 12.4. The van der Waals surface area contributed by atoms with E-state index >= 15 is 0 Å². The van der Waals surface area contributed by atoms with Crippen molar-refractivity contribution in [2.24, 2.45) is 0 Å². The third-order valence-corrected chi connectivity index (χ3v) is 5.82. The summed E-state index contributed by atoms with van der Waals surface area (Å²) in [5.41, 5.74) is 3.75. The molecule has 2 heterocycles. The number of hydrogen-bond acceptors (Lipinski definition) is 4. The topological polar surface area (TPSA) is 71.1 Å². The summed E-state index contributed by atoms with van der Waals surface area (Å²) in [6.07, 6.45) is 4.24. The Hall–Kier alpha value is -3.12. The summed E-state index contributed by atoms with van der Waals surface area (Å²) in [7, 11) is 0. The van der Waals surface area contributed by atoms with Crippen molar-refractivity contribution in [1.82, 2.24) is 10.3 Å². The number of benzene rings is 2. The molecule has 0 aliphatic carbocycles. The van der Waals surface area contributed by atoms with E-state index in [1.807, 2.05) is 55.5 Å². The van der Waals surface area contributed by atoms with Crippen LogP contribution in [0.1, 0.15) is 31.8 Å². The van der Waals surface area contributed by atoms with Crippen molar-refractivity contribution in [3.8, 4) is 0 Å². The molecule has 0 saturated carbocycles. The van der Waals surface area contributed by atoms with Gasteiger partial charge in [-0.2, -0.15) is 0 Å². The van der Waals surface area contributed by atoms with Crippen LogP contribution < -0.4 is 10.6 Å². The lowest BCUT2D eigenvalue weighted by Crippen LogP contribution is -2.26. The highest BCUT2D eigenvalue weighted by Crippen LogP contribution is 2.40. The summed E-state index contributed by atoms with van der Waals surface area (Å²) in [5.74, 6) is -0.302. The summed E-state index contributed by atoms with van der Waals surface area (Å²) in [5, 5.41) is 5.93. The number of nitrogens with zero attached hydrogens (tertiary/aromatic N) is 1. The second kappa shape index (κ2) is 7.86. The number of carbonyl (C=O) groups is 2. The van der Waals surface area contributed by atoms with Gasteiger partial charge in [0.1, 0.15) is 0 Å². The molecule has 1 aliphatic heterocycles. The molecule has 3 aromatic rings. The van der Waals surface area contributed by atoms with Crippen molar-refractivity contribution in [3.63, 3.8) is 0 Å². The second-order valence-electron chi connectivity index (χ2n) is 6.53. The third-order valence-electron chi connectivity index (χ3n) is 4.68. The Labute approximate surface area is 167 Å². The Balaban J connectivity index is 1.53. The van der Waals surface area contributed by atoms with Crippen molar-refractivity contribution < 1.29 is 9.59 Å². The first-order valence-corrected chi connectivity index (χ1v) is 9.84. The molecule has 2 aromatic carbocycles. The molecule has 140 valence electrons. The van der Waals surface area contributed by atoms with E-state index in [-0.39, 0.29) is 11.8 Å². The van der Waals surface area contributed by atoms with Gasteiger partial charge in [0.25, 0.3) is 11.8 Å². The van der Waals surface area contributed by atoms with Crippen LogP contribution in [0, 0.1) is 6.92 Å². The number of carbonyl (C=O) groups excluding carboxylic acids is 2. The number of aromatic nitrogens is 1. The minimum atomic E-state index is -0.154. The first-order chi connectivity index (χ1) is 13.6. The van der Waals surface area contributed by atoms with Crippen LogP contribution >= 0.6 is 11.8 Å². The van der Waals surface area contributed by atoms with Gasteiger partial charge in [0.15, 0.2) is 0 Å². The molecule has 0 spiro atoms. The minimum absolute atomic E-state index is 0.148.